The highest BCUT2D eigenvalue weighted by atomic mass is 16.7. The van der Waals surface area contributed by atoms with E-state index in [-0.39, 0.29) is 12.7 Å². The largest absolute Gasteiger partial charge is 0.497 e. The summed E-state index contributed by atoms with van der Waals surface area (Å²) in [6.07, 6.45) is -0.665. The number of benzene rings is 3. The van der Waals surface area contributed by atoms with Gasteiger partial charge in [-0.15, -0.1) is 0 Å². The Kier molecular flexibility index (Phi) is 6.12. The minimum absolute atomic E-state index is 0.223. The molecule has 3 aromatic carbocycles. The highest BCUT2D eigenvalue weighted by Crippen LogP contribution is 2.35. The highest BCUT2D eigenvalue weighted by Gasteiger charge is 2.16. The van der Waals surface area contributed by atoms with Crippen molar-refractivity contribution in [2.24, 2.45) is 0 Å². The fraction of sp³-hybridized carbons (Fsp3) is 0.208. The summed E-state index contributed by atoms with van der Waals surface area (Å²) in [5.41, 5.74) is 1.58. The lowest BCUT2D eigenvalue weighted by atomic mass is 10.2. The zero-order valence-corrected chi connectivity index (χ0v) is 17.3. The third kappa shape index (κ3) is 5.19. The van der Waals surface area contributed by atoms with Crippen LogP contribution < -0.4 is 29.0 Å². The predicted molar refractivity (Wildman–Crippen MR) is 115 cm³/mol. The van der Waals surface area contributed by atoms with Crippen LogP contribution in [0, 0.1) is 0 Å². The second-order valence-corrected chi connectivity index (χ2v) is 6.93. The zero-order valence-electron chi connectivity index (χ0n) is 17.3. The van der Waals surface area contributed by atoms with Gasteiger partial charge in [0.15, 0.2) is 17.6 Å². The lowest BCUT2D eigenvalue weighted by Crippen LogP contribution is -2.30. The molecule has 1 unspecified atom stereocenters. The van der Waals surface area contributed by atoms with Crippen LogP contribution in [-0.4, -0.2) is 25.9 Å². The fourth-order valence-electron chi connectivity index (χ4n) is 3.03. The molecule has 0 saturated heterocycles. The van der Waals surface area contributed by atoms with Crippen molar-refractivity contribution in [3.63, 3.8) is 0 Å². The normalized spacial score (nSPS) is 12.7. The second-order valence-electron chi connectivity index (χ2n) is 6.93. The summed E-state index contributed by atoms with van der Waals surface area (Å²) < 4.78 is 27.3. The first-order valence-corrected chi connectivity index (χ1v) is 9.84. The topological polar surface area (TPSA) is 75.3 Å². The third-order valence-corrected chi connectivity index (χ3v) is 4.69. The summed E-state index contributed by atoms with van der Waals surface area (Å²) in [4.78, 5) is 12.5. The molecule has 31 heavy (non-hydrogen) atoms. The van der Waals surface area contributed by atoms with Crippen molar-refractivity contribution >= 4 is 11.6 Å². The molecule has 0 aliphatic carbocycles. The SMILES string of the molecule is COc1ccc(OC(C)C(=O)Nc2cccc(COc3ccc4c(c3)OCO4)c2)cc1. The van der Waals surface area contributed by atoms with E-state index in [1.54, 1.807) is 44.4 Å². The van der Waals surface area contributed by atoms with Gasteiger partial charge in [0.25, 0.3) is 5.91 Å². The van der Waals surface area contributed by atoms with E-state index in [1.807, 2.05) is 36.4 Å². The van der Waals surface area contributed by atoms with Gasteiger partial charge in [-0.05, 0) is 61.0 Å². The van der Waals surface area contributed by atoms with Gasteiger partial charge in [0.2, 0.25) is 6.79 Å². The van der Waals surface area contributed by atoms with Crippen LogP contribution in [0.5, 0.6) is 28.7 Å². The first-order chi connectivity index (χ1) is 15.1. The smallest absolute Gasteiger partial charge is 0.265 e. The van der Waals surface area contributed by atoms with Gasteiger partial charge in [-0.1, -0.05) is 12.1 Å². The summed E-state index contributed by atoms with van der Waals surface area (Å²) in [6, 6.07) is 20.0. The molecule has 1 N–H and O–H groups in total. The predicted octanol–water partition coefficient (Wildman–Crippen LogP) is 4.41. The maximum atomic E-state index is 12.5. The van der Waals surface area contributed by atoms with Crippen molar-refractivity contribution in [1.29, 1.82) is 0 Å². The number of carbonyl (C=O) groups is 1. The maximum Gasteiger partial charge on any atom is 0.265 e. The second kappa shape index (κ2) is 9.30. The number of amides is 1. The molecule has 3 aromatic rings. The van der Waals surface area contributed by atoms with Crippen LogP contribution in [0.25, 0.3) is 0 Å². The van der Waals surface area contributed by atoms with Gasteiger partial charge in [0, 0.05) is 11.8 Å². The Morgan fingerprint density at radius 2 is 1.71 bits per heavy atom. The molecule has 0 spiro atoms. The molecule has 0 bridgehead atoms. The van der Waals surface area contributed by atoms with E-state index in [4.69, 9.17) is 23.7 Å². The van der Waals surface area contributed by atoms with Crippen molar-refractivity contribution in [3.8, 4) is 28.7 Å². The Hall–Kier alpha value is -3.87. The minimum atomic E-state index is -0.665. The van der Waals surface area contributed by atoms with Gasteiger partial charge < -0.3 is 29.0 Å². The van der Waals surface area contributed by atoms with Gasteiger partial charge in [-0.3, -0.25) is 4.79 Å². The standard InChI is InChI=1S/C24H23NO6/c1-16(31-20-8-6-19(27-2)7-9-20)24(26)25-18-5-3-4-17(12-18)14-28-21-10-11-22-23(13-21)30-15-29-22/h3-13,16H,14-15H2,1-2H3,(H,25,26). The number of nitrogens with one attached hydrogen (secondary N) is 1. The molecular weight excluding hydrogens is 398 g/mol. The van der Waals surface area contributed by atoms with E-state index >= 15 is 0 Å². The lowest BCUT2D eigenvalue weighted by Gasteiger charge is -2.15. The third-order valence-electron chi connectivity index (χ3n) is 4.69. The van der Waals surface area contributed by atoms with Crippen molar-refractivity contribution in [3.05, 3.63) is 72.3 Å². The van der Waals surface area contributed by atoms with Crippen LogP contribution in [0.4, 0.5) is 5.69 Å². The molecule has 1 atom stereocenters. The Morgan fingerprint density at radius 1 is 0.968 bits per heavy atom. The summed E-state index contributed by atoms with van der Waals surface area (Å²) in [5, 5.41) is 2.88. The van der Waals surface area contributed by atoms with Crippen LogP contribution in [0.1, 0.15) is 12.5 Å². The highest BCUT2D eigenvalue weighted by molar-refractivity contribution is 5.94. The summed E-state index contributed by atoms with van der Waals surface area (Å²) in [6.45, 7) is 2.27. The summed E-state index contributed by atoms with van der Waals surface area (Å²) in [5.74, 6) is 3.14. The zero-order chi connectivity index (χ0) is 21.6. The lowest BCUT2D eigenvalue weighted by molar-refractivity contribution is -0.122. The van der Waals surface area contributed by atoms with Gasteiger partial charge in [-0.25, -0.2) is 0 Å². The van der Waals surface area contributed by atoms with E-state index in [2.05, 4.69) is 5.32 Å². The van der Waals surface area contributed by atoms with Crippen LogP contribution in [0.15, 0.2) is 66.7 Å². The van der Waals surface area contributed by atoms with E-state index < -0.39 is 6.10 Å². The molecule has 1 heterocycles. The van der Waals surface area contributed by atoms with E-state index in [0.717, 1.165) is 11.3 Å². The number of fused-ring (bicyclic) bond motifs is 1. The molecule has 0 fully saturated rings. The molecular formula is C24H23NO6. The summed E-state index contributed by atoms with van der Waals surface area (Å²) in [7, 11) is 1.60. The Morgan fingerprint density at radius 3 is 2.52 bits per heavy atom. The number of carbonyl (C=O) groups excluding carboxylic acids is 1. The van der Waals surface area contributed by atoms with Gasteiger partial charge >= 0.3 is 0 Å². The molecule has 1 aliphatic rings. The van der Waals surface area contributed by atoms with E-state index in [0.29, 0.717) is 35.3 Å². The Labute approximate surface area is 180 Å². The maximum absolute atomic E-state index is 12.5. The van der Waals surface area contributed by atoms with E-state index in [9.17, 15) is 4.79 Å². The molecule has 0 saturated carbocycles. The molecule has 0 aromatic heterocycles. The number of hydrogen-bond donors (Lipinski definition) is 1. The quantitative estimate of drug-likeness (QED) is 0.581. The van der Waals surface area contributed by atoms with Crippen molar-refractivity contribution in [2.45, 2.75) is 19.6 Å². The van der Waals surface area contributed by atoms with Gasteiger partial charge in [0.1, 0.15) is 23.9 Å². The number of methoxy groups -OCH3 is 1. The Bertz CT molecular complexity index is 1050. The Balaban J connectivity index is 1.32. The molecule has 1 aliphatic heterocycles. The summed E-state index contributed by atoms with van der Waals surface area (Å²) >= 11 is 0. The molecule has 0 radical (unpaired) electrons. The molecule has 4 rings (SSSR count). The van der Waals surface area contributed by atoms with Crippen molar-refractivity contribution < 1.29 is 28.5 Å². The molecule has 7 nitrogen and oxygen atoms in total. The van der Waals surface area contributed by atoms with Crippen molar-refractivity contribution in [1.82, 2.24) is 0 Å². The number of anilines is 1. The van der Waals surface area contributed by atoms with E-state index in [1.165, 1.54) is 0 Å². The monoisotopic (exact) mass is 421 g/mol. The first kappa shape index (κ1) is 20.4. The van der Waals surface area contributed by atoms with Crippen LogP contribution in [0.2, 0.25) is 0 Å². The average Bonchev–Trinajstić information content (AvgIpc) is 3.26. The number of rotatable bonds is 8. The fourth-order valence-corrected chi connectivity index (χ4v) is 3.03. The molecule has 7 heteroatoms. The van der Waals surface area contributed by atoms with Gasteiger partial charge in [-0.2, -0.15) is 0 Å². The minimum Gasteiger partial charge on any atom is -0.497 e. The van der Waals surface area contributed by atoms with Gasteiger partial charge in [0.05, 0.1) is 7.11 Å². The molecule has 160 valence electrons. The average molecular weight is 421 g/mol. The molecule has 1 amide bonds. The number of hydrogen-bond acceptors (Lipinski definition) is 6. The van der Waals surface area contributed by atoms with Crippen molar-refractivity contribution in [2.75, 3.05) is 19.2 Å². The number of ether oxygens (including phenoxy) is 5. The first-order valence-electron chi connectivity index (χ1n) is 9.84. The van der Waals surface area contributed by atoms with Crippen LogP contribution in [-0.2, 0) is 11.4 Å². The van der Waals surface area contributed by atoms with Crippen LogP contribution in [0.3, 0.4) is 0 Å². The van der Waals surface area contributed by atoms with Crippen LogP contribution >= 0.6 is 0 Å².